The van der Waals surface area contributed by atoms with Crippen LogP contribution in [-0.2, 0) is 4.79 Å². The van der Waals surface area contributed by atoms with Gasteiger partial charge in [-0.15, -0.1) is 0 Å². The Hall–Kier alpha value is -0.620. The fourth-order valence-corrected chi connectivity index (χ4v) is 1.94. The molecule has 0 aromatic heterocycles. The molecule has 0 aliphatic heterocycles. The fourth-order valence-electron chi connectivity index (χ4n) is 1.19. The van der Waals surface area contributed by atoms with Crippen molar-refractivity contribution in [3.63, 3.8) is 0 Å². The van der Waals surface area contributed by atoms with E-state index < -0.39 is 5.41 Å². The molecule has 0 atom stereocenters. The standard InChI is InChI=1S/C13H15ClINO2/c1-13(2,3)11(17)7-16-12(18)9-6-8(14)4-5-10(9)15/h4-6H,7H2,1-3H3,(H,16,18). The second kappa shape index (κ2) is 6.02. The predicted molar refractivity (Wildman–Crippen MR) is 81.0 cm³/mol. The lowest BCUT2D eigenvalue weighted by atomic mass is 9.91. The summed E-state index contributed by atoms with van der Waals surface area (Å²) in [6.07, 6.45) is 0. The molecule has 1 N–H and O–H groups in total. The zero-order chi connectivity index (χ0) is 13.9. The van der Waals surface area contributed by atoms with E-state index in [4.69, 9.17) is 11.6 Å². The molecule has 1 aromatic rings. The van der Waals surface area contributed by atoms with Crippen LogP contribution in [-0.4, -0.2) is 18.2 Å². The number of Topliss-reactive ketones (excluding diaryl/α,β-unsaturated/α-hetero) is 1. The topological polar surface area (TPSA) is 46.2 Å². The third-order valence-electron chi connectivity index (χ3n) is 2.42. The van der Waals surface area contributed by atoms with Gasteiger partial charge in [-0.25, -0.2) is 0 Å². The van der Waals surface area contributed by atoms with Crippen molar-refractivity contribution in [2.24, 2.45) is 5.41 Å². The maximum Gasteiger partial charge on any atom is 0.252 e. The average Bonchev–Trinajstić information content (AvgIpc) is 2.27. The number of ketones is 1. The van der Waals surface area contributed by atoms with Crippen molar-refractivity contribution in [3.05, 3.63) is 32.4 Å². The minimum atomic E-state index is -0.450. The summed E-state index contributed by atoms with van der Waals surface area (Å²) >= 11 is 7.91. The van der Waals surface area contributed by atoms with Gasteiger partial charge in [0.2, 0.25) is 0 Å². The van der Waals surface area contributed by atoms with Crippen molar-refractivity contribution < 1.29 is 9.59 Å². The zero-order valence-electron chi connectivity index (χ0n) is 10.5. The Morgan fingerprint density at radius 2 is 1.94 bits per heavy atom. The first-order valence-corrected chi connectivity index (χ1v) is 6.94. The summed E-state index contributed by atoms with van der Waals surface area (Å²) in [5.74, 6) is -0.285. The molecule has 5 heteroatoms. The minimum absolute atomic E-state index is 0.00659. The number of hydrogen-bond acceptors (Lipinski definition) is 2. The molecule has 98 valence electrons. The van der Waals surface area contributed by atoms with Gasteiger partial charge >= 0.3 is 0 Å². The normalized spacial score (nSPS) is 11.2. The number of amides is 1. The van der Waals surface area contributed by atoms with E-state index >= 15 is 0 Å². The van der Waals surface area contributed by atoms with Crippen LogP contribution in [0.5, 0.6) is 0 Å². The summed E-state index contributed by atoms with van der Waals surface area (Å²) in [5.41, 5.74) is 0.0409. The van der Waals surface area contributed by atoms with E-state index in [0.29, 0.717) is 10.6 Å². The molecule has 0 aliphatic carbocycles. The fraction of sp³-hybridized carbons (Fsp3) is 0.385. The smallest absolute Gasteiger partial charge is 0.252 e. The highest BCUT2D eigenvalue weighted by atomic mass is 127. The molecule has 0 aliphatic rings. The molecular weight excluding hydrogens is 365 g/mol. The number of carbonyl (C=O) groups excluding carboxylic acids is 2. The first kappa shape index (κ1) is 15.4. The maximum atomic E-state index is 11.9. The van der Waals surface area contributed by atoms with Crippen LogP contribution in [0.1, 0.15) is 31.1 Å². The summed E-state index contributed by atoms with van der Waals surface area (Å²) in [4.78, 5) is 23.6. The molecule has 18 heavy (non-hydrogen) atoms. The van der Waals surface area contributed by atoms with Crippen molar-refractivity contribution in [3.8, 4) is 0 Å². The van der Waals surface area contributed by atoms with Crippen molar-refractivity contribution >= 4 is 45.9 Å². The predicted octanol–water partition coefficient (Wildman–Crippen LogP) is 3.29. The number of carbonyl (C=O) groups is 2. The second-order valence-electron chi connectivity index (χ2n) is 4.98. The Morgan fingerprint density at radius 3 is 2.50 bits per heavy atom. The molecular formula is C13H15ClINO2. The van der Waals surface area contributed by atoms with E-state index in [2.05, 4.69) is 27.9 Å². The summed E-state index contributed by atoms with van der Waals surface area (Å²) in [6, 6.07) is 5.09. The highest BCUT2D eigenvalue weighted by Gasteiger charge is 2.21. The number of halogens is 2. The second-order valence-corrected chi connectivity index (χ2v) is 6.58. The molecule has 3 nitrogen and oxygen atoms in total. The van der Waals surface area contributed by atoms with Crippen LogP contribution in [0.4, 0.5) is 0 Å². The molecule has 0 saturated heterocycles. The van der Waals surface area contributed by atoms with Gasteiger partial charge in [0.15, 0.2) is 5.78 Å². The van der Waals surface area contributed by atoms with Gasteiger partial charge in [-0.2, -0.15) is 0 Å². The molecule has 0 heterocycles. The van der Waals surface area contributed by atoms with Crippen molar-refractivity contribution in [2.75, 3.05) is 6.54 Å². The Kier molecular flexibility index (Phi) is 5.16. The lowest BCUT2D eigenvalue weighted by molar-refractivity contribution is -0.125. The van der Waals surface area contributed by atoms with E-state index in [1.165, 1.54) is 0 Å². The number of benzene rings is 1. The van der Waals surface area contributed by atoms with Gasteiger partial charge in [0, 0.05) is 14.0 Å². The summed E-state index contributed by atoms with van der Waals surface area (Å²) < 4.78 is 0.803. The average molecular weight is 380 g/mol. The van der Waals surface area contributed by atoms with E-state index in [-0.39, 0.29) is 18.2 Å². The molecule has 0 fully saturated rings. The van der Waals surface area contributed by atoms with Crippen LogP contribution < -0.4 is 5.32 Å². The lowest BCUT2D eigenvalue weighted by Gasteiger charge is -2.16. The SMILES string of the molecule is CC(C)(C)C(=O)CNC(=O)c1cc(Cl)ccc1I. The van der Waals surface area contributed by atoms with Gasteiger partial charge in [-0.3, -0.25) is 9.59 Å². The molecule has 1 aromatic carbocycles. The van der Waals surface area contributed by atoms with E-state index in [9.17, 15) is 9.59 Å². The largest absolute Gasteiger partial charge is 0.345 e. The monoisotopic (exact) mass is 379 g/mol. The minimum Gasteiger partial charge on any atom is -0.345 e. The van der Waals surface area contributed by atoms with Crippen LogP contribution in [0.15, 0.2) is 18.2 Å². The van der Waals surface area contributed by atoms with Crippen molar-refractivity contribution in [2.45, 2.75) is 20.8 Å². The first-order chi connectivity index (χ1) is 8.21. The van der Waals surface area contributed by atoms with Gasteiger partial charge < -0.3 is 5.32 Å². The molecule has 0 spiro atoms. The Balaban J connectivity index is 2.72. The molecule has 0 saturated carbocycles. The van der Waals surface area contributed by atoms with Crippen LogP contribution in [0.25, 0.3) is 0 Å². The lowest BCUT2D eigenvalue weighted by Crippen LogP contribution is -2.35. The van der Waals surface area contributed by atoms with Crippen molar-refractivity contribution in [1.29, 1.82) is 0 Å². The van der Waals surface area contributed by atoms with Gasteiger partial charge in [0.25, 0.3) is 5.91 Å². The molecule has 1 amide bonds. The van der Waals surface area contributed by atoms with Gasteiger partial charge in [-0.1, -0.05) is 32.4 Å². The van der Waals surface area contributed by atoms with E-state index in [1.807, 2.05) is 20.8 Å². The molecule has 0 unspecified atom stereocenters. The van der Waals surface area contributed by atoms with Crippen LogP contribution >= 0.6 is 34.2 Å². The molecule has 0 radical (unpaired) electrons. The Bertz CT molecular complexity index is 480. The van der Waals surface area contributed by atoms with Crippen LogP contribution in [0.3, 0.4) is 0 Å². The van der Waals surface area contributed by atoms with Gasteiger partial charge in [-0.05, 0) is 40.8 Å². The molecule has 0 bridgehead atoms. The third kappa shape index (κ3) is 4.24. The van der Waals surface area contributed by atoms with Crippen molar-refractivity contribution in [1.82, 2.24) is 5.32 Å². The highest BCUT2D eigenvalue weighted by molar-refractivity contribution is 14.1. The van der Waals surface area contributed by atoms with E-state index in [1.54, 1.807) is 18.2 Å². The van der Waals surface area contributed by atoms with Gasteiger partial charge in [0.1, 0.15) is 0 Å². The summed E-state index contributed by atoms with van der Waals surface area (Å²) in [7, 11) is 0. The molecule has 1 rings (SSSR count). The Morgan fingerprint density at radius 1 is 1.33 bits per heavy atom. The van der Waals surface area contributed by atoms with Gasteiger partial charge in [0.05, 0.1) is 12.1 Å². The highest BCUT2D eigenvalue weighted by Crippen LogP contribution is 2.18. The van der Waals surface area contributed by atoms with Crippen LogP contribution in [0.2, 0.25) is 5.02 Å². The first-order valence-electron chi connectivity index (χ1n) is 5.48. The zero-order valence-corrected chi connectivity index (χ0v) is 13.4. The number of nitrogens with one attached hydrogen (secondary N) is 1. The van der Waals surface area contributed by atoms with E-state index in [0.717, 1.165) is 3.57 Å². The summed E-state index contributed by atoms with van der Waals surface area (Å²) in [5, 5.41) is 3.12. The summed E-state index contributed by atoms with van der Waals surface area (Å²) in [6.45, 7) is 5.50. The maximum absolute atomic E-state index is 11.9. The Labute approximate surface area is 125 Å². The third-order valence-corrected chi connectivity index (χ3v) is 3.59. The van der Waals surface area contributed by atoms with Crippen LogP contribution in [0, 0.1) is 8.99 Å². The number of hydrogen-bond donors (Lipinski definition) is 1. The number of rotatable bonds is 3. The quantitative estimate of drug-likeness (QED) is 0.819.